The second kappa shape index (κ2) is 33.8. The number of nitrogens with two attached hydrogens (primary N) is 3. The van der Waals surface area contributed by atoms with Crippen molar-refractivity contribution in [1.29, 1.82) is 0 Å². The summed E-state index contributed by atoms with van der Waals surface area (Å²) < 4.78 is 89.2. The number of H-pyrrole nitrogens is 1. The second-order valence-electron chi connectivity index (χ2n) is 23.2. The SMILES string of the molecule is CN1C(=O)S/C(=C\c2ccc(Oc3ccc(F)cc3)cc2)C1=O.COc1ccccc1-c1cccc(-c2cc(N)nc(N)n2)c1.FC(F)(F)Oc1ccccc1-c1cccc(-c2ncn[nH]2)c1.NS(=O)(=O)c1ccccc1-c1ccc(CCC(=O)[C@@H]2CCC[C@H]2C(=O)NCc2ccccc2)cc1. The monoisotopic (exact) mass is 1420 g/mol. The third-order valence-corrected chi connectivity index (χ3v) is 18.2. The number of rotatable bonds is 18. The maximum absolute atomic E-state index is 13.0. The Balaban J connectivity index is 0.000000150. The minimum atomic E-state index is -4.74. The molecule has 2 fully saturated rings. The van der Waals surface area contributed by atoms with Crippen LogP contribution in [0.3, 0.4) is 0 Å². The fourth-order valence-electron chi connectivity index (χ4n) is 11.3. The number of benzene rings is 9. The number of hydrogen-bond donors (Lipinski definition) is 5. The number of amides is 3. The number of methoxy groups -OCH3 is 1. The van der Waals surface area contributed by atoms with Crippen LogP contribution < -0.4 is 36.1 Å². The maximum Gasteiger partial charge on any atom is 0.573 e. The number of likely N-dealkylation sites (N-methyl/N-ethyl adjacent to an activating group) is 1. The number of carbonyl (C=O) groups is 4. The van der Waals surface area contributed by atoms with Crippen molar-refractivity contribution >= 4 is 62.5 Å². The van der Waals surface area contributed by atoms with Gasteiger partial charge in [-0.15, -0.1) is 13.2 Å². The number of halogens is 4. The fraction of sp³-hybridized carbons (Fsp3) is 0.143. The fourth-order valence-corrected chi connectivity index (χ4v) is 12.8. The molecule has 1 saturated heterocycles. The predicted octanol–water partition coefficient (Wildman–Crippen LogP) is 15.5. The quantitative estimate of drug-likeness (QED) is 0.0394. The highest BCUT2D eigenvalue weighted by atomic mass is 32.2. The molecule has 102 heavy (non-hydrogen) atoms. The van der Waals surface area contributed by atoms with Crippen LogP contribution in [0.25, 0.3) is 62.1 Å². The van der Waals surface area contributed by atoms with Crippen LogP contribution in [-0.2, 0) is 37.4 Å². The number of nitrogens with one attached hydrogen (secondary N) is 2. The summed E-state index contributed by atoms with van der Waals surface area (Å²) in [6.07, 6.45) is 1.63. The molecule has 11 aromatic rings. The van der Waals surface area contributed by atoms with Gasteiger partial charge in [-0.3, -0.25) is 29.2 Å². The van der Waals surface area contributed by atoms with Gasteiger partial charge in [-0.1, -0.05) is 164 Å². The van der Waals surface area contributed by atoms with Crippen LogP contribution in [0.2, 0.25) is 0 Å². The first kappa shape index (κ1) is 72.9. The number of aryl methyl sites for hydroxylation is 1. The number of nitrogens with zero attached hydrogens (tertiary/aromatic N) is 5. The number of aromatic amines is 1. The molecule has 1 aliphatic heterocycles. The number of sulfonamides is 1. The molecule has 9 aromatic carbocycles. The van der Waals surface area contributed by atoms with E-state index in [1.165, 1.54) is 43.7 Å². The summed E-state index contributed by atoms with van der Waals surface area (Å²) in [7, 11) is -0.715. The van der Waals surface area contributed by atoms with Gasteiger partial charge in [-0.05, 0) is 137 Å². The Labute approximate surface area is 589 Å². The number of ether oxygens (including phenoxy) is 3. The van der Waals surface area contributed by atoms with Crippen molar-refractivity contribution in [3.05, 3.63) is 264 Å². The lowest BCUT2D eigenvalue weighted by Gasteiger charge is -2.18. The Hall–Kier alpha value is -11.8. The van der Waals surface area contributed by atoms with Gasteiger partial charge in [-0.2, -0.15) is 10.1 Å². The molecule has 3 amide bonds. The Morgan fingerprint density at radius 2 is 1.25 bits per heavy atom. The third kappa shape index (κ3) is 20.0. The Kier molecular flexibility index (Phi) is 24.2. The van der Waals surface area contributed by atoms with Gasteiger partial charge in [0.1, 0.15) is 46.7 Å². The van der Waals surface area contributed by atoms with Crippen molar-refractivity contribution in [2.45, 2.75) is 49.9 Å². The van der Waals surface area contributed by atoms with Crippen molar-refractivity contribution in [3.63, 3.8) is 0 Å². The highest BCUT2D eigenvalue weighted by Gasteiger charge is 2.37. The van der Waals surface area contributed by atoms with Gasteiger partial charge in [0.05, 0.1) is 22.6 Å². The molecule has 8 N–H and O–H groups in total. The normalized spacial score (nSPS) is 14.5. The van der Waals surface area contributed by atoms with Crippen molar-refractivity contribution in [2.24, 2.45) is 17.0 Å². The molecule has 25 heteroatoms. The van der Waals surface area contributed by atoms with Crippen molar-refractivity contribution in [3.8, 4) is 79.0 Å². The minimum Gasteiger partial charge on any atom is -0.496 e. The first-order valence-electron chi connectivity index (χ1n) is 31.8. The van der Waals surface area contributed by atoms with E-state index in [-0.39, 0.29) is 57.1 Å². The number of Topliss-reactive ketones (excluding diaryl/α,β-unsaturated/α-hetero) is 1. The Bertz CT molecular complexity index is 4860. The lowest BCUT2D eigenvalue weighted by Crippen LogP contribution is -2.35. The van der Waals surface area contributed by atoms with E-state index in [0.29, 0.717) is 69.8 Å². The molecular formula is C77H68F4N10O9S2. The lowest BCUT2D eigenvalue weighted by atomic mass is 9.88. The van der Waals surface area contributed by atoms with Crippen LogP contribution in [0.5, 0.6) is 23.0 Å². The number of anilines is 2. The highest BCUT2D eigenvalue weighted by Crippen LogP contribution is 2.38. The van der Waals surface area contributed by atoms with Crippen LogP contribution in [0.1, 0.15) is 42.4 Å². The number of thioether (sulfide) groups is 1. The molecule has 19 nitrogen and oxygen atoms in total. The highest BCUT2D eigenvalue weighted by molar-refractivity contribution is 8.18. The predicted molar refractivity (Wildman–Crippen MR) is 385 cm³/mol. The number of hydrogen-bond acceptors (Lipinski definition) is 16. The first-order chi connectivity index (χ1) is 49.0. The summed E-state index contributed by atoms with van der Waals surface area (Å²) in [6, 6.07) is 67.1. The molecular weight excluding hydrogens is 1350 g/mol. The summed E-state index contributed by atoms with van der Waals surface area (Å²) in [5.41, 5.74) is 20.8. The molecule has 2 atom stereocenters. The van der Waals surface area contributed by atoms with Gasteiger partial charge in [0.15, 0.2) is 5.82 Å². The lowest BCUT2D eigenvalue weighted by molar-refractivity contribution is -0.274. The van der Waals surface area contributed by atoms with Gasteiger partial charge in [-0.25, -0.2) is 27.9 Å². The van der Waals surface area contributed by atoms with E-state index in [9.17, 15) is 45.2 Å². The summed E-state index contributed by atoms with van der Waals surface area (Å²) in [4.78, 5) is 62.7. The number of ketones is 1. The Morgan fingerprint density at radius 1 is 0.667 bits per heavy atom. The van der Waals surface area contributed by atoms with Gasteiger partial charge < -0.3 is 31.0 Å². The average molecular weight is 1420 g/mol. The molecule has 13 rings (SSSR count). The second-order valence-corrected chi connectivity index (χ2v) is 25.7. The summed E-state index contributed by atoms with van der Waals surface area (Å²) in [5.74, 6) is 1.74. The zero-order valence-electron chi connectivity index (χ0n) is 55.0. The number of alkyl halides is 3. The molecule has 1 saturated carbocycles. The smallest absolute Gasteiger partial charge is 0.496 e. The third-order valence-electron chi connectivity index (χ3n) is 16.2. The van der Waals surface area contributed by atoms with Crippen molar-refractivity contribution < 1.29 is 59.4 Å². The van der Waals surface area contributed by atoms with Crippen molar-refractivity contribution in [1.82, 2.24) is 35.4 Å². The summed E-state index contributed by atoms with van der Waals surface area (Å²) >= 11 is 0.917. The van der Waals surface area contributed by atoms with Crippen molar-refractivity contribution in [2.75, 3.05) is 25.6 Å². The molecule has 0 spiro atoms. The molecule has 1 aliphatic carbocycles. The van der Waals surface area contributed by atoms with Gasteiger partial charge >= 0.3 is 6.36 Å². The number of nitrogen functional groups attached to an aromatic ring is 2. The minimum absolute atomic E-state index is 0.0393. The number of aromatic nitrogens is 5. The van der Waals surface area contributed by atoms with E-state index in [1.807, 2.05) is 103 Å². The zero-order chi connectivity index (χ0) is 72.3. The van der Waals surface area contributed by atoms with Crippen LogP contribution >= 0.6 is 11.8 Å². The number of para-hydroxylation sites is 2. The van der Waals surface area contributed by atoms with E-state index < -0.39 is 16.4 Å². The van der Waals surface area contributed by atoms with Crippen LogP contribution in [0.15, 0.2) is 247 Å². The topological polar surface area (TPSA) is 291 Å². The number of carbonyl (C=O) groups excluding carboxylic acids is 4. The summed E-state index contributed by atoms with van der Waals surface area (Å²) in [5, 5.41) is 14.5. The molecule has 3 heterocycles. The molecule has 0 bridgehead atoms. The van der Waals surface area contributed by atoms with Crippen LogP contribution in [0, 0.1) is 17.7 Å². The van der Waals surface area contributed by atoms with Gasteiger partial charge in [0, 0.05) is 65.7 Å². The van der Waals surface area contributed by atoms with Crippen LogP contribution in [0.4, 0.5) is 34.1 Å². The van der Waals surface area contributed by atoms with E-state index >= 15 is 0 Å². The van der Waals surface area contributed by atoms with Crippen LogP contribution in [-0.4, -0.2) is 81.8 Å². The summed E-state index contributed by atoms with van der Waals surface area (Å²) in [6.45, 7) is 0.470. The van der Waals surface area contributed by atoms with Gasteiger partial charge in [0.25, 0.3) is 11.1 Å². The molecule has 0 unspecified atom stereocenters. The Morgan fingerprint density at radius 3 is 1.87 bits per heavy atom. The molecule has 2 aromatic heterocycles. The van der Waals surface area contributed by atoms with E-state index in [4.69, 9.17) is 26.1 Å². The number of primary sulfonamides is 1. The van der Waals surface area contributed by atoms with E-state index in [2.05, 4.69) is 35.2 Å². The molecule has 520 valence electrons. The standard InChI is InChI=1S/C28H30N2O4S.C17H12FNO3S.C17H16N4O.C15H10F3N3O/c29-35(33,34)27-12-5-4-9-23(27)22-16-13-20(14-17-22)15-18-26(31)24-10-6-11-25(24)28(32)30-19-21-7-2-1-3-8-21;1-19-16(20)15(23-17(19)21)10-11-2-6-13(7-3-11)22-14-8-4-12(18)5-9-14;1-22-15-8-3-2-7-13(15)11-5-4-6-12(9-11)14-10-16(18)21-17(19)20-14;16-15(17,18)22-13-7-2-1-6-12(13)10-4-3-5-11(8-10)14-19-9-20-21-14/h1-5,7-9,12-14,16-17,24-25H,6,10-11,15,18-19H2,(H,30,32)(H2,29,33,34);2-10H,1H3;2-10H,1H3,(H4,18,19,20,21);1-9H,(H,19,20,21)/b;15-10-;;/t24-,25-;;;/m1.../s1. The zero-order valence-corrected chi connectivity index (χ0v) is 56.6. The molecule has 0 radical (unpaired) electrons. The number of imide groups is 1. The largest absolute Gasteiger partial charge is 0.573 e. The van der Waals surface area contributed by atoms with Gasteiger partial charge in [0.2, 0.25) is 21.9 Å². The average Bonchev–Trinajstić information content (AvgIpc) is 1.07. The first-order valence-corrected chi connectivity index (χ1v) is 34.2. The maximum atomic E-state index is 13.0. The van der Waals surface area contributed by atoms with E-state index in [1.54, 1.807) is 110 Å². The van der Waals surface area contributed by atoms with E-state index in [0.717, 1.165) is 86.2 Å². The molecule has 2 aliphatic rings.